The number of aromatic hydroxyl groups is 1. The van der Waals surface area contributed by atoms with Gasteiger partial charge in [0.15, 0.2) is 17.3 Å². The molecule has 29 heavy (non-hydrogen) atoms. The highest BCUT2D eigenvalue weighted by Gasteiger charge is 2.12. The number of phenols is 1. The van der Waals surface area contributed by atoms with Gasteiger partial charge in [-0.3, -0.25) is 4.79 Å². The Morgan fingerprint density at radius 3 is 2.59 bits per heavy atom. The highest BCUT2D eigenvalue weighted by Crippen LogP contribution is 2.31. The number of methoxy groups -OCH3 is 1. The molecule has 3 aromatic carbocycles. The van der Waals surface area contributed by atoms with E-state index in [2.05, 4.69) is 10.1 Å². The van der Waals surface area contributed by atoms with Crippen LogP contribution in [-0.2, 0) is 0 Å². The summed E-state index contributed by atoms with van der Waals surface area (Å²) in [4.78, 5) is 17.8. The van der Waals surface area contributed by atoms with Crippen LogP contribution in [-0.4, -0.2) is 28.1 Å². The molecule has 0 atom stereocenters. The average Bonchev–Trinajstić information content (AvgIpc) is 2.75. The van der Waals surface area contributed by atoms with Crippen molar-refractivity contribution in [3.8, 4) is 22.9 Å². The minimum Gasteiger partial charge on any atom is -0.504 e. The molecule has 0 saturated heterocycles. The van der Waals surface area contributed by atoms with Gasteiger partial charge in [-0.05, 0) is 52.4 Å². The second-order valence-corrected chi connectivity index (χ2v) is 7.40. The van der Waals surface area contributed by atoms with Gasteiger partial charge in [-0.2, -0.15) is 9.78 Å². The largest absolute Gasteiger partial charge is 0.504 e. The molecule has 7 heteroatoms. The highest BCUT2D eigenvalue weighted by atomic mass is 127. The third-order valence-electron chi connectivity index (χ3n) is 4.38. The van der Waals surface area contributed by atoms with Crippen LogP contribution in [0.2, 0.25) is 0 Å². The van der Waals surface area contributed by atoms with E-state index >= 15 is 0 Å². The zero-order chi connectivity index (χ0) is 20.4. The van der Waals surface area contributed by atoms with Gasteiger partial charge >= 0.3 is 0 Å². The summed E-state index contributed by atoms with van der Waals surface area (Å²) in [5.41, 5.74) is 1.82. The lowest BCUT2D eigenvalue weighted by molar-refractivity contribution is 0.371. The molecule has 0 saturated carbocycles. The normalized spacial score (nSPS) is 11.2. The first-order chi connectivity index (χ1) is 14.1. The number of phenolic OH excluding ortho intramolecular Hbond substituents is 1. The van der Waals surface area contributed by atoms with Gasteiger partial charge < -0.3 is 9.84 Å². The van der Waals surface area contributed by atoms with Gasteiger partial charge in [0.05, 0.1) is 27.8 Å². The van der Waals surface area contributed by atoms with Crippen LogP contribution < -0.4 is 10.3 Å². The fourth-order valence-corrected chi connectivity index (χ4v) is 3.58. The Bertz CT molecular complexity index is 1280. The van der Waals surface area contributed by atoms with Crippen molar-refractivity contribution < 1.29 is 9.84 Å². The van der Waals surface area contributed by atoms with Gasteiger partial charge in [0, 0.05) is 5.56 Å². The van der Waals surface area contributed by atoms with Gasteiger partial charge in [-0.15, -0.1) is 0 Å². The van der Waals surface area contributed by atoms with Crippen LogP contribution in [0.4, 0.5) is 0 Å². The Hall–Kier alpha value is -3.20. The van der Waals surface area contributed by atoms with Crippen molar-refractivity contribution in [2.45, 2.75) is 0 Å². The molecule has 1 aromatic heterocycles. The monoisotopic (exact) mass is 497 g/mol. The van der Waals surface area contributed by atoms with Crippen molar-refractivity contribution in [3.63, 3.8) is 0 Å². The summed E-state index contributed by atoms with van der Waals surface area (Å²) in [6.45, 7) is 0. The van der Waals surface area contributed by atoms with E-state index in [1.165, 1.54) is 11.8 Å². The highest BCUT2D eigenvalue weighted by molar-refractivity contribution is 14.1. The Morgan fingerprint density at radius 2 is 1.83 bits per heavy atom. The molecule has 4 aromatic rings. The van der Waals surface area contributed by atoms with Gasteiger partial charge in [0.1, 0.15) is 0 Å². The Morgan fingerprint density at radius 1 is 1.10 bits per heavy atom. The summed E-state index contributed by atoms with van der Waals surface area (Å²) in [5.74, 6) is 0.858. The van der Waals surface area contributed by atoms with Crippen LogP contribution in [0.1, 0.15) is 5.56 Å². The number of aromatic nitrogens is 2. The number of hydrogen-bond acceptors (Lipinski definition) is 5. The summed E-state index contributed by atoms with van der Waals surface area (Å²) in [7, 11) is 1.48. The third-order valence-corrected chi connectivity index (χ3v) is 5.20. The number of hydrogen-bond donors (Lipinski definition) is 1. The van der Waals surface area contributed by atoms with Crippen molar-refractivity contribution in [1.82, 2.24) is 9.66 Å². The minimum atomic E-state index is -0.258. The summed E-state index contributed by atoms with van der Waals surface area (Å²) in [5, 5.41) is 14.9. The Labute approximate surface area is 180 Å². The van der Waals surface area contributed by atoms with Gasteiger partial charge in [-0.25, -0.2) is 4.98 Å². The first-order valence-electron chi connectivity index (χ1n) is 8.76. The predicted molar refractivity (Wildman–Crippen MR) is 122 cm³/mol. The SMILES string of the molecule is COc1cc(C=Nn2c(-c3ccccc3)nc3ccccc3c2=O)cc(I)c1O. The molecule has 0 unspecified atom stereocenters. The topological polar surface area (TPSA) is 76.7 Å². The molecule has 0 radical (unpaired) electrons. The van der Waals surface area contributed by atoms with Crippen LogP contribution in [0.25, 0.3) is 22.3 Å². The Balaban J connectivity index is 1.91. The lowest BCUT2D eigenvalue weighted by Gasteiger charge is -2.10. The standard InChI is InChI=1S/C22H16IN3O3/c1-29-19-12-14(11-17(23)20(19)27)13-24-26-21(15-7-3-2-4-8-15)25-18-10-6-5-9-16(18)22(26)28/h2-13,27H,1H3. The first-order valence-corrected chi connectivity index (χ1v) is 9.84. The van der Waals surface area contributed by atoms with E-state index in [0.29, 0.717) is 31.6 Å². The number of benzene rings is 3. The van der Waals surface area contributed by atoms with Crippen molar-refractivity contribution >= 4 is 39.7 Å². The van der Waals surface area contributed by atoms with E-state index in [-0.39, 0.29) is 11.3 Å². The second kappa shape index (κ2) is 8.04. The summed E-state index contributed by atoms with van der Waals surface area (Å²) in [6.07, 6.45) is 1.55. The van der Waals surface area contributed by atoms with Crippen LogP contribution in [0.15, 0.2) is 76.6 Å². The number of nitrogens with zero attached hydrogens (tertiary/aromatic N) is 3. The van der Waals surface area contributed by atoms with E-state index in [9.17, 15) is 9.90 Å². The lowest BCUT2D eigenvalue weighted by Crippen LogP contribution is -2.20. The maximum absolute atomic E-state index is 13.1. The van der Waals surface area contributed by atoms with Crippen LogP contribution in [0.5, 0.6) is 11.5 Å². The maximum atomic E-state index is 13.1. The van der Waals surface area contributed by atoms with Crippen molar-refractivity contribution in [2.24, 2.45) is 5.10 Å². The van der Waals surface area contributed by atoms with Crippen molar-refractivity contribution in [3.05, 3.63) is 86.2 Å². The molecule has 0 bridgehead atoms. The van der Waals surface area contributed by atoms with E-state index < -0.39 is 0 Å². The summed E-state index contributed by atoms with van der Waals surface area (Å²) < 4.78 is 7.11. The smallest absolute Gasteiger partial charge is 0.282 e. The first kappa shape index (κ1) is 19.1. The number of para-hydroxylation sites is 1. The van der Waals surface area contributed by atoms with E-state index in [4.69, 9.17) is 4.74 Å². The third kappa shape index (κ3) is 3.73. The fraction of sp³-hybridized carbons (Fsp3) is 0.0455. The Kier molecular flexibility index (Phi) is 5.30. The van der Waals surface area contributed by atoms with Crippen LogP contribution >= 0.6 is 22.6 Å². The maximum Gasteiger partial charge on any atom is 0.282 e. The molecule has 0 aliphatic rings. The second-order valence-electron chi connectivity index (χ2n) is 6.23. The minimum absolute atomic E-state index is 0.0692. The zero-order valence-electron chi connectivity index (χ0n) is 15.4. The van der Waals surface area contributed by atoms with Gasteiger partial charge in [-0.1, -0.05) is 42.5 Å². The molecule has 144 valence electrons. The van der Waals surface area contributed by atoms with Crippen LogP contribution in [0.3, 0.4) is 0 Å². The quantitative estimate of drug-likeness (QED) is 0.338. The molecule has 6 nitrogen and oxygen atoms in total. The van der Waals surface area contributed by atoms with Gasteiger partial charge in [0.25, 0.3) is 5.56 Å². The molecule has 0 amide bonds. The molecule has 1 N–H and O–H groups in total. The number of rotatable bonds is 4. The van der Waals surface area contributed by atoms with Crippen molar-refractivity contribution in [1.29, 1.82) is 0 Å². The molecule has 0 fully saturated rings. The molecule has 0 spiro atoms. The molecule has 0 aliphatic carbocycles. The summed E-state index contributed by atoms with van der Waals surface area (Å²) in [6, 6.07) is 20.0. The molecule has 1 heterocycles. The average molecular weight is 497 g/mol. The number of ether oxygens (including phenoxy) is 1. The van der Waals surface area contributed by atoms with Crippen LogP contribution in [0, 0.1) is 3.57 Å². The molecule has 0 aliphatic heterocycles. The lowest BCUT2D eigenvalue weighted by atomic mass is 10.2. The molecular weight excluding hydrogens is 481 g/mol. The predicted octanol–water partition coefficient (Wildman–Crippen LogP) is 4.26. The molecular formula is C22H16IN3O3. The number of halogens is 1. The summed E-state index contributed by atoms with van der Waals surface area (Å²) >= 11 is 2.01. The van der Waals surface area contributed by atoms with E-state index in [1.807, 2.05) is 65.1 Å². The van der Waals surface area contributed by atoms with E-state index in [0.717, 1.165) is 5.56 Å². The van der Waals surface area contributed by atoms with Gasteiger partial charge in [0.2, 0.25) is 0 Å². The number of fused-ring (bicyclic) bond motifs is 1. The zero-order valence-corrected chi connectivity index (χ0v) is 17.6. The molecule has 4 rings (SSSR count). The fourth-order valence-electron chi connectivity index (χ4n) is 2.95. The van der Waals surface area contributed by atoms with E-state index in [1.54, 1.807) is 30.5 Å². The van der Waals surface area contributed by atoms with Crippen molar-refractivity contribution in [2.75, 3.05) is 7.11 Å².